The van der Waals surface area contributed by atoms with E-state index >= 15 is 0 Å². The van der Waals surface area contributed by atoms with Crippen molar-refractivity contribution >= 4 is 5.91 Å². The summed E-state index contributed by atoms with van der Waals surface area (Å²) in [6, 6.07) is 11.8. The highest BCUT2D eigenvalue weighted by Crippen LogP contribution is 2.19. The number of nitrogens with zero attached hydrogens (tertiary/aromatic N) is 1. The molecular formula is C20H26N2O2. The van der Waals surface area contributed by atoms with Crippen molar-refractivity contribution in [2.75, 3.05) is 13.1 Å². The number of hydrogen-bond acceptors (Lipinski definition) is 3. The van der Waals surface area contributed by atoms with E-state index in [4.69, 9.17) is 4.42 Å². The van der Waals surface area contributed by atoms with Crippen LogP contribution in [-0.4, -0.2) is 23.9 Å². The van der Waals surface area contributed by atoms with Crippen molar-refractivity contribution in [2.45, 2.75) is 39.8 Å². The lowest BCUT2D eigenvalue weighted by atomic mass is 9.99. The van der Waals surface area contributed by atoms with Crippen molar-refractivity contribution in [1.29, 1.82) is 0 Å². The van der Waals surface area contributed by atoms with Gasteiger partial charge in [-0.15, -0.1) is 0 Å². The number of nitrogens with one attached hydrogen (secondary N) is 1. The monoisotopic (exact) mass is 326 g/mol. The molecule has 1 N–H and O–H groups in total. The molecule has 1 aromatic heterocycles. The maximum Gasteiger partial charge on any atom is 0.287 e. The molecule has 1 fully saturated rings. The lowest BCUT2D eigenvalue weighted by molar-refractivity contribution is 0.0917. The van der Waals surface area contributed by atoms with Crippen LogP contribution in [0.5, 0.6) is 0 Å². The van der Waals surface area contributed by atoms with Gasteiger partial charge in [-0.1, -0.05) is 36.8 Å². The highest BCUT2D eigenvalue weighted by atomic mass is 16.4. The highest BCUT2D eigenvalue weighted by molar-refractivity contribution is 5.91. The zero-order valence-corrected chi connectivity index (χ0v) is 14.5. The Hall–Kier alpha value is -2.07. The second kappa shape index (κ2) is 7.67. The molecule has 0 radical (unpaired) electrons. The van der Waals surface area contributed by atoms with Crippen molar-refractivity contribution in [2.24, 2.45) is 5.92 Å². The van der Waals surface area contributed by atoms with Gasteiger partial charge in [0.1, 0.15) is 5.76 Å². The summed E-state index contributed by atoms with van der Waals surface area (Å²) in [7, 11) is 0. The van der Waals surface area contributed by atoms with E-state index in [9.17, 15) is 4.79 Å². The van der Waals surface area contributed by atoms with Gasteiger partial charge in [-0.3, -0.25) is 9.69 Å². The molecule has 1 saturated heterocycles. The first kappa shape index (κ1) is 16.8. The van der Waals surface area contributed by atoms with Crippen molar-refractivity contribution in [3.63, 3.8) is 0 Å². The SMILES string of the molecule is Cc1cccc(CNC(=O)c2ccc(CN3CCC(C)CC3)o2)c1. The van der Waals surface area contributed by atoms with Gasteiger partial charge in [0.15, 0.2) is 5.76 Å². The Kier molecular flexibility index (Phi) is 5.36. The van der Waals surface area contributed by atoms with E-state index in [1.54, 1.807) is 6.07 Å². The van der Waals surface area contributed by atoms with Crippen molar-refractivity contribution in [1.82, 2.24) is 10.2 Å². The molecule has 4 nitrogen and oxygen atoms in total. The number of benzene rings is 1. The zero-order valence-electron chi connectivity index (χ0n) is 14.5. The van der Waals surface area contributed by atoms with E-state index in [-0.39, 0.29) is 5.91 Å². The van der Waals surface area contributed by atoms with Crippen LogP contribution in [-0.2, 0) is 13.1 Å². The largest absolute Gasteiger partial charge is 0.455 e. The van der Waals surface area contributed by atoms with Gasteiger partial charge in [0.05, 0.1) is 6.54 Å². The van der Waals surface area contributed by atoms with Crippen LogP contribution in [0.3, 0.4) is 0 Å². The molecule has 1 aromatic carbocycles. The van der Waals surface area contributed by atoms with Crippen molar-refractivity contribution in [3.8, 4) is 0 Å². The molecule has 0 spiro atoms. The Morgan fingerprint density at radius 1 is 1.25 bits per heavy atom. The maximum absolute atomic E-state index is 12.2. The average molecular weight is 326 g/mol. The first-order valence-corrected chi connectivity index (χ1v) is 8.75. The fraction of sp³-hybridized carbons (Fsp3) is 0.450. The molecule has 1 aliphatic heterocycles. The molecular weight excluding hydrogens is 300 g/mol. The predicted octanol–water partition coefficient (Wildman–Crippen LogP) is 3.75. The molecule has 24 heavy (non-hydrogen) atoms. The number of carbonyl (C=O) groups excluding carboxylic acids is 1. The maximum atomic E-state index is 12.2. The summed E-state index contributed by atoms with van der Waals surface area (Å²) >= 11 is 0. The Morgan fingerprint density at radius 3 is 2.79 bits per heavy atom. The second-order valence-electron chi connectivity index (χ2n) is 6.90. The number of rotatable bonds is 5. The van der Waals surface area contributed by atoms with Crippen LogP contribution in [0, 0.1) is 12.8 Å². The van der Waals surface area contributed by atoms with Gasteiger partial charge in [0, 0.05) is 6.54 Å². The van der Waals surface area contributed by atoms with E-state index in [1.165, 1.54) is 18.4 Å². The van der Waals surface area contributed by atoms with Crippen LogP contribution in [0.15, 0.2) is 40.8 Å². The standard InChI is InChI=1S/C20H26N2O2/c1-15-8-10-22(11-9-15)14-18-6-7-19(24-18)20(23)21-13-17-5-3-4-16(2)12-17/h3-7,12,15H,8-11,13-14H2,1-2H3,(H,21,23). The van der Waals surface area contributed by atoms with Crippen molar-refractivity contribution in [3.05, 3.63) is 59.0 Å². The van der Waals surface area contributed by atoms with Crippen molar-refractivity contribution < 1.29 is 9.21 Å². The smallest absolute Gasteiger partial charge is 0.287 e. The molecule has 128 valence electrons. The fourth-order valence-electron chi connectivity index (χ4n) is 3.12. The molecule has 0 saturated carbocycles. The summed E-state index contributed by atoms with van der Waals surface area (Å²) in [5, 5.41) is 2.92. The van der Waals surface area contributed by atoms with E-state index in [1.807, 2.05) is 31.2 Å². The third-order valence-electron chi connectivity index (χ3n) is 4.68. The molecule has 0 atom stereocenters. The van der Waals surface area contributed by atoms with E-state index in [0.29, 0.717) is 12.3 Å². The summed E-state index contributed by atoms with van der Waals surface area (Å²) in [6.07, 6.45) is 2.48. The van der Waals surface area contributed by atoms with E-state index in [2.05, 4.69) is 23.2 Å². The van der Waals surface area contributed by atoms with Crippen LogP contribution in [0.4, 0.5) is 0 Å². The number of piperidine rings is 1. The number of hydrogen-bond donors (Lipinski definition) is 1. The third-order valence-corrected chi connectivity index (χ3v) is 4.68. The summed E-state index contributed by atoms with van der Waals surface area (Å²) < 4.78 is 5.73. The average Bonchev–Trinajstić information content (AvgIpc) is 3.03. The predicted molar refractivity (Wildman–Crippen MR) is 94.7 cm³/mol. The van der Waals surface area contributed by atoms with Gasteiger partial charge in [0.2, 0.25) is 0 Å². The Morgan fingerprint density at radius 2 is 2.04 bits per heavy atom. The number of aryl methyl sites for hydroxylation is 1. The normalized spacial score (nSPS) is 16.2. The minimum atomic E-state index is -0.157. The summed E-state index contributed by atoms with van der Waals surface area (Å²) in [6.45, 7) is 7.87. The summed E-state index contributed by atoms with van der Waals surface area (Å²) in [4.78, 5) is 14.6. The quantitative estimate of drug-likeness (QED) is 0.910. The van der Waals surface area contributed by atoms with Crippen LogP contribution in [0.25, 0.3) is 0 Å². The summed E-state index contributed by atoms with van der Waals surface area (Å²) in [5.74, 6) is 1.92. The third kappa shape index (κ3) is 4.48. The molecule has 4 heteroatoms. The van der Waals surface area contributed by atoms with Gasteiger partial charge in [-0.25, -0.2) is 0 Å². The fourth-order valence-corrected chi connectivity index (χ4v) is 3.12. The minimum absolute atomic E-state index is 0.157. The van der Waals surface area contributed by atoms with Crippen LogP contribution >= 0.6 is 0 Å². The highest BCUT2D eigenvalue weighted by Gasteiger charge is 2.18. The molecule has 0 unspecified atom stereocenters. The Labute approximate surface area is 143 Å². The molecule has 0 aliphatic carbocycles. The minimum Gasteiger partial charge on any atom is -0.455 e. The molecule has 2 aromatic rings. The van der Waals surface area contributed by atoms with Gasteiger partial charge in [0.25, 0.3) is 5.91 Å². The van der Waals surface area contributed by atoms with E-state index in [0.717, 1.165) is 36.9 Å². The molecule has 3 rings (SSSR count). The first-order chi connectivity index (χ1) is 11.6. The number of likely N-dealkylation sites (tertiary alicyclic amines) is 1. The Bertz CT molecular complexity index is 684. The number of furan rings is 1. The number of carbonyl (C=O) groups is 1. The van der Waals surface area contributed by atoms with Crippen LogP contribution in [0.1, 0.15) is 47.2 Å². The first-order valence-electron chi connectivity index (χ1n) is 8.75. The molecule has 1 amide bonds. The van der Waals surface area contributed by atoms with Gasteiger partial charge >= 0.3 is 0 Å². The lowest BCUT2D eigenvalue weighted by Gasteiger charge is -2.29. The molecule has 2 heterocycles. The second-order valence-corrected chi connectivity index (χ2v) is 6.90. The molecule has 1 aliphatic rings. The van der Waals surface area contributed by atoms with Crippen LogP contribution < -0.4 is 5.32 Å². The topological polar surface area (TPSA) is 45.5 Å². The van der Waals surface area contributed by atoms with Gasteiger partial charge in [-0.05, 0) is 56.5 Å². The lowest BCUT2D eigenvalue weighted by Crippen LogP contribution is -2.32. The number of amides is 1. The molecule has 0 bridgehead atoms. The van der Waals surface area contributed by atoms with Gasteiger partial charge < -0.3 is 9.73 Å². The zero-order chi connectivity index (χ0) is 16.9. The van der Waals surface area contributed by atoms with Gasteiger partial charge in [-0.2, -0.15) is 0 Å². The Balaban J connectivity index is 1.52. The van der Waals surface area contributed by atoms with Crippen LogP contribution in [0.2, 0.25) is 0 Å². The summed E-state index contributed by atoms with van der Waals surface area (Å²) in [5.41, 5.74) is 2.29. The van der Waals surface area contributed by atoms with E-state index < -0.39 is 0 Å².